The van der Waals surface area contributed by atoms with E-state index in [0.717, 1.165) is 16.0 Å². The van der Waals surface area contributed by atoms with Gasteiger partial charge in [0, 0.05) is 16.1 Å². The molecule has 0 fully saturated rings. The number of carbonyl (C=O) groups is 4. The van der Waals surface area contributed by atoms with E-state index in [4.69, 9.17) is 5.73 Å². The molecule has 0 radical (unpaired) electrons. The second kappa shape index (κ2) is 13.8. The Morgan fingerprint density at radius 2 is 1.54 bits per heavy atom. The first-order valence-corrected chi connectivity index (χ1v) is 13.6. The van der Waals surface area contributed by atoms with Gasteiger partial charge in [-0.05, 0) is 61.0 Å². The molecule has 4 aromatic carbocycles. The van der Waals surface area contributed by atoms with Gasteiger partial charge in [0.05, 0.1) is 17.0 Å². The molecule has 0 atom stereocenters. The topological polar surface area (TPSA) is 130 Å². The Morgan fingerprint density at radius 1 is 0.805 bits per heavy atom. The monoisotopic (exact) mass is 564 g/mol. The van der Waals surface area contributed by atoms with E-state index in [1.54, 1.807) is 72.8 Å². The van der Waals surface area contributed by atoms with E-state index < -0.39 is 17.7 Å². The minimum atomic E-state index is -0.632. The highest BCUT2D eigenvalue weighted by atomic mass is 32.2. The molecule has 0 aliphatic heterocycles. The van der Waals surface area contributed by atoms with Crippen molar-refractivity contribution in [3.63, 3.8) is 0 Å². The van der Waals surface area contributed by atoms with Crippen molar-refractivity contribution in [3.8, 4) is 0 Å². The van der Waals surface area contributed by atoms with Gasteiger partial charge in [-0.2, -0.15) is 0 Å². The summed E-state index contributed by atoms with van der Waals surface area (Å²) in [6.45, 7) is 1.94. The Bertz CT molecular complexity index is 1620. The highest BCUT2D eigenvalue weighted by Gasteiger charge is 2.16. The van der Waals surface area contributed by atoms with Gasteiger partial charge in [-0.1, -0.05) is 66.2 Å². The summed E-state index contributed by atoms with van der Waals surface area (Å²) in [6, 6.07) is 29.7. The van der Waals surface area contributed by atoms with Crippen molar-refractivity contribution in [1.82, 2.24) is 5.32 Å². The molecule has 0 aliphatic rings. The molecular weight excluding hydrogens is 536 g/mol. The van der Waals surface area contributed by atoms with E-state index in [9.17, 15) is 19.2 Å². The minimum absolute atomic E-state index is 0.0656. The zero-order valence-electron chi connectivity index (χ0n) is 22.2. The second-order valence-corrected chi connectivity index (χ2v) is 10.1. The molecule has 4 rings (SSSR count). The summed E-state index contributed by atoms with van der Waals surface area (Å²) >= 11 is 1.26. The number of nitrogens with one attached hydrogen (secondary N) is 3. The van der Waals surface area contributed by atoms with Crippen LogP contribution in [0.5, 0.6) is 0 Å². The first-order chi connectivity index (χ1) is 19.8. The third kappa shape index (κ3) is 8.42. The van der Waals surface area contributed by atoms with Gasteiger partial charge in [0.15, 0.2) is 0 Å². The van der Waals surface area contributed by atoms with E-state index in [2.05, 4.69) is 16.0 Å². The fraction of sp³-hybridized carbons (Fsp3) is 0.0625. The lowest BCUT2D eigenvalue weighted by molar-refractivity contribution is -0.114. The Hall–Kier alpha value is -5.15. The van der Waals surface area contributed by atoms with Crippen molar-refractivity contribution < 1.29 is 19.2 Å². The summed E-state index contributed by atoms with van der Waals surface area (Å²) in [7, 11) is 0. The molecular formula is C32H28N4O4S. The second-order valence-electron chi connectivity index (χ2n) is 9.02. The van der Waals surface area contributed by atoms with Crippen molar-refractivity contribution >= 4 is 52.8 Å². The predicted octanol–water partition coefficient (Wildman–Crippen LogP) is 5.23. The number of rotatable bonds is 10. The number of aryl methyl sites for hydroxylation is 1. The van der Waals surface area contributed by atoms with Crippen LogP contribution in [0.4, 0.5) is 11.4 Å². The summed E-state index contributed by atoms with van der Waals surface area (Å²) in [5, 5.41) is 8.27. The highest BCUT2D eigenvalue weighted by molar-refractivity contribution is 8.00. The van der Waals surface area contributed by atoms with Crippen molar-refractivity contribution in [3.05, 3.63) is 131 Å². The highest BCUT2D eigenvalue weighted by Crippen LogP contribution is 2.23. The van der Waals surface area contributed by atoms with Crippen LogP contribution >= 0.6 is 11.8 Å². The lowest BCUT2D eigenvalue weighted by atomic mass is 10.1. The van der Waals surface area contributed by atoms with Gasteiger partial charge in [-0.15, -0.1) is 11.8 Å². The zero-order chi connectivity index (χ0) is 29.2. The van der Waals surface area contributed by atoms with Gasteiger partial charge in [-0.25, -0.2) is 0 Å². The molecule has 0 spiro atoms. The molecule has 0 unspecified atom stereocenters. The Labute approximate surface area is 242 Å². The van der Waals surface area contributed by atoms with Crippen molar-refractivity contribution in [2.45, 2.75) is 11.8 Å². The van der Waals surface area contributed by atoms with Crippen LogP contribution in [0, 0.1) is 6.92 Å². The molecule has 4 amide bonds. The number of anilines is 2. The fourth-order valence-corrected chi connectivity index (χ4v) is 4.63. The summed E-state index contributed by atoms with van der Waals surface area (Å²) in [6.07, 6.45) is 1.62. The fourth-order valence-electron chi connectivity index (χ4n) is 3.87. The first-order valence-electron chi connectivity index (χ1n) is 12.7. The molecule has 0 heterocycles. The number of amides is 4. The van der Waals surface area contributed by atoms with Crippen LogP contribution in [0.2, 0.25) is 0 Å². The van der Waals surface area contributed by atoms with E-state index in [1.807, 2.05) is 43.3 Å². The smallest absolute Gasteiger partial charge is 0.272 e. The Morgan fingerprint density at radius 3 is 2.29 bits per heavy atom. The zero-order valence-corrected chi connectivity index (χ0v) is 23.0. The summed E-state index contributed by atoms with van der Waals surface area (Å²) < 4.78 is 0. The standard InChI is InChI=1S/C32H28N4O4S/c1-21-9-7-10-22(17-21)18-28(36-31(39)23-11-3-2-4-12-23)32(40)34-24-13-8-14-25(19-24)41-20-29(37)35-27-16-6-5-15-26(27)30(33)38/h2-19H,20H2,1H3,(H2,33,38)(H,34,40)(H,35,37)(H,36,39)/b28-18+. The maximum Gasteiger partial charge on any atom is 0.272 e. The summed E-state index contributed by atoms with van der Waals surface area (Å²) in [4.78, 5) is 51.1. The van der Waals surface area contributed by atoms with Gasteiger partial charge in [0.2, 0.25) is 5.91 Å². The predicted molar refractivity (Wildman–Crippen MR) is 162 cm³/mol. The number of hydrogen-bond donors (Lipinski definition) is 4. The van der Waals surface area contributed by atoms with Gasteiger partial charge in [-0.3, -0.25) is 19.2 Å². The van der Waals surface area contributed by atoms with Crippen LogP contribution in [-0.2, 0) is 9.59 Å². The van der Waals surface area contributed by atoms with Crippen molar-refractivity contribution in [1.29, 1.82) is 0 Å². The SMILES string of the molecule is Cc1cccc(/C=C(/NC(=O)c2ccccc2)C(=O)Nc2cccc(SCC(=O)Nc3ccccc3C(N)=O)c2)c1. The third-order valence-corrected chi connectivity index (χ3v) is 6.80. The van der Waals surface area contributed by atoms with Crippen LogP contribution in [-0.4, -0.2) is 29.4 Å². The van der Waals surface area contributed by atoms with Gasteiger partial charge >= 0.3 is 0 Å². The number of thioether (sulfide) groups is 1. The van der Waals surface area contributed by atoms with Crippen LogP contribution < -0.4 is 21.7 Å². The van der Waals surface area contributed by atoms with Crippen molar-refractivity contribution in [2.75, 3.05) is 16.4 Å². The largest absolute Gasteiger partial charge is 0.366 e. The quantitative estimate of drug-likeness (QED) is 0.155. The molecule has 206 valence electrons. The molecule has 41 heavy (non-hydrogen) atoms. The number of nitrogens with two attached hydrogens (primary N) is 1. The number of hydrogen-bond acceptors (Lipinski definition) is 5. The van der Waals surface area contributed by atoms with Gasteiger partial charge in [0.25, 0.3) is 17.7 Å². The summed E-state index contributed by atoms with van der Waals surface area (Å²) in [5.74, 6) is -1.79. The van der Waals surface area contributed by atoms with Crippen LogP contribution in [0.25, 0.3) is 6.08 Å². The van der Waals surface area contributed by atoms with Crippen LogP contribution in [0.3, 0.4) is 0 Å². The average Bonchev–Trinajstić information content (AvgIpc) is 2.96. The summed E-state index contributed by atoms with van der Waals surface area (Å²) in [5.41, 5.74) is 8.72. The van der Waals surface area contributed by atoms with Crippen molar-refractivity contribution in [2.24, 2.45) is 5.73 Å². The Kier molecular flexibility index (Phi) is 9.69. The molecule has 0 saturated carbocycles. The number of para-hydroxylation sites is 1. The van der Waals surface area contributed by atoms with Gasteiger partial charge < -0.3 is 21.7 Å². The lowest BCUT2D eigenvalue weighted by Crippen LogP contribution is -2.30. The molecule has 0 aromatic heterocycles. The third-order valence-electron chi connectivity index (χ3n) is 5.81. The number of carbonyl (C=O) groups excluding carboxylic acids is 4. The van der Waals surface area contributed by atoms with E-state index >= 15 is 0 Å². The molecule has 0 saturated heterocycles. The van der Waals surface area contributed by atoms with Gasteiger partial charge in [0.1, 0.15) is 5.70 Å². The normalized spacial score (nSPS) is 10.9. The lowest BCUT2D eigenvalue weighted by Gasteiger charge is -2.12. The average molecular weight is 565 g/mol. The molecule has 0 aliphatic carbocycles. The van der Waals surface area contributed by atoms with Crippen LogP contribution in [0.1, 0.15) is 31.8 Å². The molecule has 8 nitrogen and oxygen atoms in total. The Balaban J connectivity index is 1.45. The molecule has 9 heteroatoms. The number of primary amides is 1. The molecule has 5 N–H and O–H groups in total. The minimum Gasteiger partial charge on any atom is -0.366 e. The first kappa shape index (κ1) is 28.8. The number of benzene rings is 4. The van der Waals surface area contributed by atoms with E-state index in [0.29, 0.717) is 16.9 Å². The maximum absolute atomic E-state index is 13.3. The van der Waals surface area contributed by atoms with E-state index in [1.165, 1.54) is 11.8 Å². The maximum atomic E-state index is 13.3. The van der Waals surface area contributed by atoms with Crippen LogP contribution in [0.15, 0.2) is 114 Å². The molecule has 4 aromatic rings. The molecule has 0 bridgehead atoms. The van der Waals surface area contributed by atoms with E-state index in [-0.39, 0.29) is 22.9 Å².